The number of ether oxygens (including phenoxy) is 1. The zero-order chi connectivity index (χ0) is 20.2. The summed E-state index contributed by atoms with van der Waals surface area (Å²) in [6.07, 6.45) is 0. The van der Waals surface area contributed by atoms with Crippen LogP contribution < -0.4 is 10.1 Å². The molecule has 0 unspecified atom stereocenters. The first kappa shape index (κ1) is 20.9. The molecule has 146 valence electrons. The summed E-state index contributed by atoms with van der Waals surface area (Å²) in [4.78, 5) is 12.3. The van der Waals surface area contributed by atoms with E-state index in [1.54, 1.807) is 14.0 Å². The van der Waals surface area contributed by atoms with Crippen molar-refractivity contribution in [1.29, 1.82) is 0 Å². The highest BCUT2D eigenvalue weighted by Crippen LogP contribution is 2.26. The molecule has 2 aromatic carbocycles. The van der Waals surface area contributed by atoms with Gasteiger partial charge < -0.3 is 10.1 Å². The third-order valence-corrected chi connectivity index (χ3v) is 5.93. The predicted molar refractivity (Wildman–Crippen MR) is 101 cm³/mol. The molecule has 0 aromatic heterocycles. The first-order valence-electron chi connectivity index (χ1n) is 8.31. The number of rotatable bonds is 7. The van der Waals surface area contributed by atoms with Crippen molar-refractivity contribution in [2.45, 2.75) is 24.8 Å². The van der Waals surface area contributed by atoms with Gasteiger partial charge in [-0.15, -0.1) is 0 Å². The number of carbonyl (C=O) groups excluding carboxylic acids is 1. The van der Waals surface area contributed by atoms with E-state index in [0.29, 0.717) is 5.75 Å². The molecule has 0 bridgehead atoms. The van der Waals surface area contributed by atoms with Gasteiger partial charge in [0.15, 0.2) is 0 Å². The van der Waals surface area contributed by atoms with Crippen molar-refractivity contribution < 1.29 is 22.3 Å². The van der Waals surface area contributed by atoms with E-state index >= 15 is 0 Å². The Kier molecular flexibility index (Phi) is 6.56. The van der Waals surface area contributed by atoms with E-state index in [0.717, 1.165) is 27.6 Å². The number of carbonyl (C=O) groups is 1. The molecule has 1 amide bonds. The van der Waals surface area contributed by atoms with Crippen molar-refractivity contribution >= 4 is 15.9 Å². The summed E-state index contributed by atoms with van der Waals surface area (Å²) < 4.78 is 44.2. The SMILES string of the molecule is COc1ccc(C)cc1[C@@H](C)NC(=O)CN(C)S(=O)(=O)c1ccc(F)cc1. The van der Waals surface area contributed by atoms with Crippen molar-refractivity contribution in [1.82, 2.24) is 9.62 Å². The van der Waals surface area contributed by atoms with E-state index in [9.17, 15) is 17.6 Å². The molecule has 2 aromatic rings. The minimum atomic E-state index is -3.89. The van der Waals surface area contributed by atoms with Crippen molar-refractivity contribution in [3.63, 3.8) is 0 Å². The van der Waals surface area contributed by atoms with Crippen LogP contribution in [0.5, 0.6) is 5.75 Å². The maximum atomic E-state index is 13.0. The lowest BCUT2D eigenvalue weighted by molar-refractivity contribution is -0.121. The van der Waals surface area contributed by atoms with Gasteiger partial charge in [-0.05, 0) is 44.2 Å². The molecule has 6 nitrogen and oxygen atoms in total. The number of aryl methyl sites for hydroxylation is 1. The zero-order valence-corrected chi connectivity index (χ0v) is 16.5. The van der Waals surface area contributed by atoms with Crippen molar-refractivity contribution in [2.24, 2.45) is 0 Å². The normalized spacial score (nSPS) is 12.7. The van der Waals surface area contributed by atoms with Gasteiger partial charge in [0, 0.05) is 12.6 Å². The minimum absolute atomic E-state index is 0.0763. The van der Waals surface area contributed by atoms with Gasteiger partial charge in [0.25, 0.3) is 0 Å². The Balaban J connectivity index is 2.08. The van der Waals surface area contributed by atoms with Crippen LogP contribution in [0.25, 0.3) is 0 Å². The number of benzene rings is 2. The minimum Gasteiger partial charge on any atom is -0.496 e. The second-order valence-corrected chi connectivity index (χ2v) is 8.29. The molecule has 0 aliphatic carbocycles. The van der Waals surface area contributed by atoms with Crippen LogP contribution in [0.1, 0.15) is 24.1 Å². The maximum absolute atomic E-state index is 13.0. The van der Waals surface area contributed by atoms with E-state index in [1.807, 2.05) is 25.1 Å². The first-order chi connectivity index (χ1) is 12.6. The van der Waals surface area contributed by atoms with Crippen LogP contribution in [0.3, 0.4) is 0 Å². The van der Waals surface area contributed by atoms with Crippen LogP contribution in [-0.4, -0.2) is 39.3 Å². The molecule has 27 heavy (non-hydrogen) atoms. The molecular formula is C19H23FN2O4S. The molecule has 0 saturated heterocycles. The highest BCUT2D eigenvalue weighted by Gasteiger charge is 2.24. The molecule has 0 heterocycles. The van der Waals surface area contributed by atoms with Crippen LogP contribution in [0.15, 0.2) is 47.4 Å². The zero-order valence-electron chi connectivity index (χ0n) is 15.7. The largest absolute Gasteiger partial charge is 0.496 e. The molecular weight excluding hydrogens is 371 g/mol. The summed E-state index contributed by atoms with van der Waals surface area (Å²) >= 11 is 0. The Morgan fingerprint density at radius 3 is 2.44 bits per heavy atom. The molecule has 0 aliphatic rings. The molecule has 1 N–H and O–H groups in total. The van der Waals surface area contributed by atoms with Gasteiger partial charge in [0.2, 0.25) is 15.9 Å². The number of sulfonamides is 1. The average molecular weight is 394 g/mol. The Morgan fingerprint density at radius 2 is 1.85 bits per heavy atom. The summed E-state index contributed by atoms with van der Waals surface area (Å²) in [5.74, 6) is -0.352. The number of likely N-dealkylation sites (N-methyl/N-ethyl adjacent to an activating group) is 1. The standard InChI is InChI=1S/C19H23FN2O4S/c1-13-5-10-18(26-4)17(11-13)14(2)21-19(23)12-22(3)27(24,25)16-8-6-15(20)7-9-16/h5-11,14H,12H2,1-4H3,(H,21,23)/t14-/m1/s1. The molecule has 0 radical (unpaired) electrons. The molecule has 8 heteroatoms. The fourth-order valence-electron chi connectivity index (χ4n) is 2.63. The summed E-state index contributed by atoms with van der Waals surface area (Å²) in [6.45, 7) is 3.36. The van der Waals surface area contributed by atoms with Gasteiger partial charge in [-0.3, -0.25) is 4.79 Å². The summed E-state index contributed by atoms with van der Waals surface area (Å²) in [7, 11) is -1.04. The van der Waals surface area contributed by atoms with Crippen molar-refractivity contribution in [3.05, 3.63) is 59.4 Å². The third-order valence-electron chi connectivity index (χ3n) is 4.12. The molecule has 0 aliphatic heterocycles. The van der Waals surface area contributed by atoms with Gasteiger partial charge in [0.05, 0.1) is 24.6 Å². The monoisotopic (exact) mass is 394 g/mol. The summed E-state index contributed by atoms with van der Waals surface area (Å²) in [5.41, 5.74) is 1.82. The van der Waals surface area contributed by atoms with E-state index in [1.165, 1.54) is 19.2 Å². The number of hydrogen-bond acceptors (Lipinski definition) is 4. The number of amides is 1. The highest BCUT2D eigenvalue weighted by atomic mass is 32.2. The van der Waals surface area contributed by atoms with Crippen LogP contribution in [-0.2, 0) is 14.8 Å². The average Bonchev–Trinajstić information content (AvgIpc) is 2.61. The van der Waals surface area contributed by atoms with Crippen LogP contribution in [0, 0.1) is 12.7 Å². The van der Waals surface area contributed by atoms with E-state index in [2.05, 4.69) is 5.32 Å². The van der Waals surface area contributed by atoms with Gasteiger partial charge in [0.1, 0.15) is 11.6 Å². The Morgan fingerprint density at radius 1 is 1.22 bits per heavy atom. The molecule has 0 fully saturated rings. The molecule has 0 spiro atoms. The summed E-state index contributed by atoms with van der Waals surface area (Å²) in [6, 6.07) is 9.72. The molecule has 1 atom stereocenters. The lowest BCUT2D eigenvalue weighted by Gasteiger charge is -2.21. The van der Waals surface area contributed by atoms with Gasteiger partial charge in [-0.2, -0.15) is 4.31 Å². The van der Waals surface area contributed by atoms with Crippen LogP contribution in [0.4, 0.5) is 4.39 Å². The second kappa shape index (κ2) is 8.49. The topological polar surface area (TPSA) is 75.7 Å². The predicted octanol–water partition coefficient (Wildman–Crippen LogP) is 2.64. The van der Waals surface area contributed by atoms with Gasteiger partial charge >= 0.3 is 0 Å². The van der Waals surface area contributed by atoms with E-state index < -0.39 is 21.7 Å². The highest BCUT2D eigenvalue weighted by molar-refractivity contribution is 7.89. The van der Waals surface area contributed by atoms with E-state index in [-0.39, 0.29) is 17.5 Å². The molecule has 0 saturated carbocycles. The number of nitrogens with zero attached hydrogens (tertiary/aromatic N) is 1. The van der Waals surface area contributed by atoms with E-state index in [4.69, 9.17) is 4.74 Å². The first-order valence-corrected chi connectivity index (χ1v) is 9.75. The number of halogens is 1. The quantitative estimate of drug-likeness (QED) is 0.783. The number of nitrogens with one attached hydrogen (secondary N) is 1. The fourth-order valence-corrected chi connectivity index (χ4v) is 3.76. The molecule has 2 rings (SSSR count). The van der Waals surface area contributed by atoms with Crippen LogP contribution >= 0.6 is 0 Å². The Hall–Kier alpha value is -2.45. The number of hydrogen-bond donors (Lipinski definition) is 1. The maximum Gasteiger partial charge on any atom is 0.243 e. The van der Waals surface area contributed by atoms with Crippen LogP contribution in [0.2, 0.25) is 0 Å². The Labute approximate surface area is 159 Å². The lowest BCUT2D eigenvalue weighted by atomic mass is 10.0. The number of methoxy groups -OCH3 is 1. The Bertz CT molecular complexity index is 914. The summed E-state index contributed by atoms with van der Waals surface area (Å²) in [5, 5.41) is 2.78. The lowest BCUT2D eigenvalue weighted by Crippen LogP contribution is -2.39. The van der Waals surface area contributed by atoms with Gasteiger partial charge in [-0.1, -0.05) is 17.7 Å². The van der Waals surface area contributed by atoms with Crippen molar-refractivity contribution in [3.8, 4) is 5.75 Å². The third kappa shape index (κ3) is 5.05. The fraction of sp³-hybridized carbons (Fsp3) is 0.316. The van der Waals surface area contributed by atoms with Crippen molar-refractivity contribution in [2.75, 3.05) is 20.7 Å². The second-order valence-electron chi connectivity index (χ2n) is 6.25. The smallest absolute Gasteiger partial charge is 0.243 e. The van der Waals surface area contributed by atoms with Gasteiger partial charge in [-0.25, -0.2) is 12.8 Å².